The highest BCUT2D eigenvalue weighted by Gasteiger charge is 2.36. The van der Waals surface area contributed by atoms with Gasteiger partial charge in [-0.05, 0) is 40.2 Å². The first kappa shape index (κ1) is 15.2. The quantitative estimate of drug-likeness (QED) is 0.800. The van der Waals surface area contributed by atoms with Crippen molar-refractivity contribution >= 4 is 6.09 Å². The molecule has 1 fully saturated rings. The van der Waals surface area contributed by atoms with Gasteiger partial charge in [-0.1, -0.05) is 6.92 Å². The third kappa shape index (κ3) is 4.14. The van der Waals surface area contributed by atoms with E-state index in [1.165, 1.54) is 0 Å². The van der Waals surface area contributed by atoms with Crippen molar-refractivity contribution in [2.75, 3.05) is 26.2 Å². The van der Waals surface area contributed by atoms with Gasteiger partial charge in [-0.15, -0.1) is 0 Å². The average molecular weight is 257 g/mol. The number of likely N-dealkylation sites (tertiary alicyclic amines) is 1. The van der Waals surface area contributed by atoms with E-state index in [2.05, 4.69) is 12.2 Å². The van der Waals surface area contributed by atoms with Gasteiger partial charge in [0.05, 0.1) is 0 Å². The summed E-state index contributed by atoms with van der Waals surface area (Å²) in [5.41, 5.74) is 5.28. The van der Waals surface area contributed by atoms with Crippen LogP contribution in [0.3, 0.4) is 0 Å². The fourth-order valence-corrected chi connectivity index (χ4v) is 2.37. The number of hydrogen-bond acceptors (Lipinski definition) is 4. The maximum Gasteiger partial charge on any atom is 0.410 e. The van der Waals surface area contributed by atoms with Crippen molar-refractivity contribution in [3.63, 3.8) is 0 Å². The second-order valence-corrected chi connectivity index (χ2v) is 6.02. The number of piperidine rings is 1. The number of nitrogens with zero attached hydrogens (tertiary/aromatic N) is 1. The molecule has 106 valence electrons. The first-order valence-electron chi connectivity index (χ1n) is 6.75. The molecule has 1 atom stereocenters. The number of rotatable bonds is 3. The number of nitrogens with two attached hydrogens (primary N) is 1. The smallest absolute Gasteiger partial charge is 0.410 e. The molecule has 1 saturated heterocycles. The van der Waals surface area contributed by atoms with Gasteiger partial charge < -0.3 is 20.7 Å². The van der Waals surface area contributed by atoms with Crippen LogP contribution in [0.5, 0.6) is 0 Å². The van der Waals surface area contributed by atoms with Crippen molar-refractivity contribution in [2.45, 2.75) is 51.7 Å². The molecule has 1 rings (SSSR count). The lowest BCUT2D eigenvalue weighted by atomic mass is 9.89. The largest absolute Gasteiger partial charge is 0.444 e. The Hall–Kier alpha value is -0.810. The lowest BCUT2D eigenvalue weighted by Gasteiger charge is -2.42. The summed E-state index contributed by atoms with van der Waals surface area (Å²) in [6, 6.07) is 0. The second kappa shape index (κ2) is 5.89. The van der Waals surface area contributed by atoms with Gasteiger partial charge in [-0.25, -0.2) is 4.79 Å². The minimum absolute atomic E-state index is 0.149. The van der Waals surface area contributed by atoms with E-state index < -0.39 is 5.60 Å². The second-order valence-electron chi connectivity index (χ2n) is 6.02. The fourth-order valence-electron chi connectivity index (χ4n) is 2.37. The molecular formula is C13H27N3O2. The predicted molar refractivity (Wildman–Crippen MR) is 72.5 cm³/mol. The minimum atomic E-state index is -0.446. The number of ether oxygens (including phenoxy) is 1. The van der Waals surface area contributed by atoms with Crippen LogP contribution in [-0.4, -0.2) is 48.3 Å². The van der Waals surface area contributed by atoms with E-state index in [1.807, 2.05) is 20.8 Å². The zero-order valence-electron chi connectivity index (χ0n) is 12.1. The van der Waals surface area contributed by atoms with Crippen LogP contribution in [0.1, 0.15) is 40.5 Å². The molecule has 3 N–H and O–H groups in total. The Kier molecular flexibility index (Phi) is 4.99. The van der Waals surface area contributed by atoms with Crippen LogP contribution < -0.4 is 11.1 Å². The van der Waals surface area contributed by atoms with Gasteiger partial charge in [0.2, 0.25) is 0 Å². The van der Waals surface area contributed by atoms with E-state index in [1.54, 1.807) is 4.90 Å². The normalized spacial score (nSPS) is 25.1. The van der Waals surface area contributed by atoms with Crippen molar-refractivity contribution in [1.82, 2.24) is 10.2 Å². The number of likely N-dealkylation sites (N-methyl/N-ethyl adjacent to an activating group) is 1. The van der Waals surface area contributed by atoms with Gasteiger partial charge in [0.15, 0.2) is 0 Å². The van der Waals surface area contributed by atoms with Crippen molar-refractivity contribution in [1.29, 1.82) is 0 Å². The third-order valence-corrected chi connectivity index (χ3v) is 3.17. The highest BCUT2D eigenvalue weighted by atomic mass is 16.6. The molecule has 0 aromatic carbocycles. The van der Waals surface area contributed by atoms with Gasteiger partial charge in [-0.2, -0.15) is 0 Å². The molecule has 0 radical (unpaired) electrons. The van der Waals surface area contributed by atoms with Gasteiger partial charge in [0, 0.05) is 25.2 Å². The van der Waals surface area contributed by atoms with E-state index in [-0.39, 0.29) is 11.6 Å². The van der Waals surface area contributed by atoms with Gasteiger partial charge in [0.1, 0.15) is 5.60 Å². The molecule has 18 heavy (non-hydrogen) atoms. The Morgan fingerprint density at radius 1 is 1.50 bits per heavy atom. The van der Waals surface area contributed by atoms with Gasteiger partial charge >= 0.3 is 6.09 Å². The summed E-state index contributed by atoms with van der Waals surface area (Å²) in [6.07, 6.45) is 1.73. The molecule has 0 aliphatic carbocycles. The van der Waals surface area contributed by atoms with Crippen molar-refractivity contribution < 1.29 is 9.53 Å². The van der Waals surface area contributed by atoms with Crippen molar-refractivity contribution in [3.8, 4) is 0 Å². The zero-order valence-corrected chi connectivity index (χ0v) is 12.1. The number of carbonyl (C=O) groups excluding carboxylic acids is 1. The summed E-state index contributed by atoms with van der Waals surface area (Å²) in [6.45, 7) is 10.5. The van der Waals surface area contributed by atoms with Crippen LogP contribution in [0.4, 0.5) is 4.79 Å². The lowest BCUT2D eigenvalue weighted by Crippen LogP contribution is -2.62. The standard InChI is InChI=1S/C13H27N3O2/c1-5-15-13(9-14)7-6-8-16(10-13)11(17)18-12(2,3)4/h15H,5-10,14H2,1-4H3. The highest BCUT2D eigenvalue weighted by molar-refractivity contribution is 5.68. The average Bonchev–Trinajstić information content (AvgIpc) is 2.27. The topological polar surface area (TPSA) is 67.6 Å². The van der Waals surface area contributed by atoms with E-state index in [0.29, 0.717) is 13.1 Å². The maximum atomic E-state index is 12.1. The molecule has 1 heterocycles. The Balaban J connectivity index is 2.65. The number of nitrogens with one attached hydrogen (secondary N) is 1. The van der Waals surface area contributed by atoms with Crippen LogP contribution in [0.25, 0.3) is 0 Å². The summed E-state index contributed by atoms with van der Waals surface area (Å²) in [5, 5.41) is 3.42. The Labute approximate surface area is 110 Å². The Morgan fingerprint density at radius 3 is 2.67 bits per heavy atom. The summed E-state index contributed by atoms with van der Waals surface area (Å²) < 4.78 is 5.41. The summed E-state index contributed by atoms with van der Waals surface area (Å²) in [7, 11) is 0. The van der Waals surface area contributed by atoms with E-state index >= 15 is 0 Å². The van der Waals surface area contributed by atoms with Crippen molar-refractivity contribution in [2.24, 2.45) is 5.73 Å². The van der Waals surface area contributed by atoms with Crippen LogP contribution in [0, 0.1) is 0 Å². The van der Waals surface area contributed by atoms with E-state index in [4.69, 9.17) is 10.5 Å². The Morgan fingerprint density at radius 2 is 2.17 bits per heavy atom. The van der Waals surface area contributed by atoms with Crippen LogP contribution in [-0.2, 0) is 4.74 Å². The van der Waals surface area contributed by atoms with Crippen molar-refractivity contribution in [3.05, 3.63) is 0 Å². The molecule has 0 spiro atoms. The van der Waals surface area contributed by atoms with Gasteiger partial charge in [0.25, 0.3) is 0 Å². The molecule has 1 aliphatic heterocycles. The molecular weight excluding hydrogens is 230 g/mol. The molecule has 1 unspecified atom stereocenters. The minimum Gasteiger partial charge on any atom is -0.444 e. The number of amides is 1. The third-order valence-electron chi connectivity index (χ3n) is 3.17. The fraction of sp³-hybridized carbons (Fsp3) is 0.923. The number of carbonyl (C=O) groups is 1. The summed E-state index contributed by atoms with van der Waals surface area (Å²) in [5.74, 6) is 0. The molecule has 0 aromatic rings. The van der Waals surface area contributed by atoms with Crippen LogP contribution >= 0.6 is 0 Å². The maximum absolute atomic E-state index is 12.1. The predicted octanol–water partition coefficient (Wildman–Crippen LogP) is 1.32. The van der Waals surface area contributed by atoms with Crippen LogP contribution in [0.15, 0.2) is 0 Å². The molecule has 0 bridgehead atoms. The highest BCUT2D eigenvalue weighted by Crippen LogP contribution is 2.22. The lowest BCUT2D eigenvalue weighted by molar-refractivity contribution is 0.0117. The molecule has 0 saturated carbocycles. The molecule has 5 nitrogen and oxygen atoms in total. The zero-order chi connectivity index (χ0) is 13.8. The summed E-state index contributed by atoms with van der Waals surface area (Å²) in [4.78, 5) is 13.8. The monoisotopic (exact) mass is 257 g/mol. The molecule has 0 aromatic heterocycles. The first-order valence-corrected chi connectivity index (χ1v) is 6.75. The number of hydrogen-bond donors (Lipinski definition) is 2. The van der Waals surface area contributed by atoms with E-state index in [9.17, 15) is 4.79 Å². The molecule has 1 amide bonds. The Bertz CT molecular complexity index is 284. The first-order chi connectivity index (χ1) is 8.32. The van der Waals surface area contributed by atoms with Gasteiger partial charge in [-0.3, -0.25) is 0 Å². The molecule has 1 aliphatic rings. The van der Waals surface area contributed by atoms with E-state index in [0.717, 1.165) is 25.9 Å². The SMILES string of the molecule is CCNC1(CN)CCCN(C(=O)OC(C)(C)C)C1. The van der Waals surface area contributed by atoms with Crippen LogP contribution in [0.2, 0.25) is 0 Å². The molecule has 5 heteroatoms. The summed E-state index contributed by atoms with van der Waals surface area (Å²) >= 11 is 0.